The first-order valence-corrected chi connectivity index (χ1v) is 12.8. The number of para-hydroxylation sites is 2. The van der Waals surface area contributed by atoms with E-state index in [9.17, 15) is 14.4 Å². The lowest BCUT2D eigenvalue weighted by Crippen LogP contribution is -2.54. The fourth-order valence-corrected chi connectivity index (χ4v) is 6.11. The number of nitrogens with one attached hydrogen (secondary N) is 1. The first-order chi connectivity index (χ1) is 17.0. The number of anilines is 1. The molecule has 1 aromatic carbocycles. The highest BCUT2D eigenvalue weighted by atomic mass is 32.1. The van der Waals surface area contributed by atoms with E-state index in [4.69, 9.17) is 14.2 Å². The summed E-state index contributed by atoms with van der Waals surface area (Å²) in [5.74, 6) is 0.552. The van der Waals surface area contributed by atoms with Gasteiger partial charge in [0.1, 0.15) is 11.6 Å². The first kappa shape index (κ1) is 23.6. The molecule has 10 heteroatoms. The number of fused-ring (bicyclic) bond motifs is 2. The lowest BCUT2D eigenvalue weighted by molar-refractivity contribution is -0.143. The maximum atomic E-state index is 12.9. The number of piperazine rings is 1. The third-order valence-electron chi connectivity index (χ3n) is 6.65. The molecule has 1 fully saturated rings. The van der Waals surface area contributed by atoms with Crippen LogP contribution in [0.4, 0.5) is 5.00 Å². The van der Waals surface area contributed by atoms with Crippen molar-refractivity contribution in [1.29, 1.82) is 0 Å². The Kier molecular flexibility index (Phi) is 6.92. The van der Waals surface area contributed by atoms with Gasteiger partial charge in [-0.15, -0.1) is 11.3 Å². The minimum Gasteiger partial charge on any atom is -0.485 e. The molecule has 2 amide bonds. The summed E-state index contributed by atoms with van der Waals surface area (Å²) in [4.78, 5) is 43.1. The number of hydrogen-bond donors (Lipinski definition) is 1. The summed E-state index contributed by atoms with van der Waals surface area (Å²) >= 11 is 1.48. The molecule has 3 heterocycles. The fourth-order valence-electron chi connectivity index (χ4n) is 4.81. The molecule has 9 nitrogen and oxygen atoms in total. The predicted molar refractivity (Wildman–Crippen MR) is 130 cm³/mol. The zero-order chi connectivity index (χ0) is 24.4. The van der Waals surface area contributed by atoms with Gasteiger partial charge in [-0.2, -0.15) is 0 Å². The van der Waals surface area contributed by atoms with Crippen LogP contribution in [-0.4, -0.2) is 80.1 Å². The van der Waals surface area contributed by atoms with Gasteiger partial charge in [-0.3, -0.25) is 14.5 Å². The van der Waals surface area contributed by atoms with Gasteiger partial charge in [0, 0.05) is 31.1 Å². The van der Waals surface area contributed by atoms with Gasteiger partial charge in [-0.1, -0.05) is 12.1 Å². The van der Waals surface area contributed by atoms with Crippen LogP contribution >= 0.6 is 11.3 Å². The van der Waals surface area contributed by atoms with Crippen LogP contribution in [0, 0.1) is 0 Å². The molecule has 1 N–H and O–H groups in total. The Bertz CT molecular complexity index is 1120. The molecule has 2 aliphatic heterocycles. The SMILES string of the molecule is COC(=O)c1c(NC(=O)CN2CCN(C(=O)C3COc4ccccc4O3)CC2)sc2c1CCCC2. The van der Waals surface area contributed by atoms with Gasteiger partial charge in [0.05, 0.1) is 19.2 Å². The summed E-state index contributed by atoms with van der Waals surface area (Å²) in [6.45, 7) is 2.55. The summed E-state index contributed by atoms with van der Waals surface area (Å²) in [6, 6.07) is 7.32. The molecule has 0 bridgehead atoms. The molecule has 0 radical (unpaired) electrons. The van der Waals surface area contributed by atoms with E-state index in [0.29, 0.717) is 48.2 Å². The van der Waals surface area contributed by atoms with E-state index in [1.165, 1.54) is 18.4 Å². The molecule has 5 rings (SSSR count). The molecule has 3 aliphatic rings. The van der Waals surface area contributed by atoms with E-state index in [2.05, 4.69) is 5.32 Å². The molecular weight excluding hydrogens is 470 g/mol. The number of esters is 1. The molecule has 186 valence electrons. The Labute approximate surface area is 207 Å². The number of ether oxygens (including phenoxy) is 3. The third kappa shape index (κ3) is 4.99. The number of hydrogen-bond acceptors (Lipinski definition) is 8. The number of carbonyl (C=O) groups excluding carboxylic acids is 3. The van der Waals surface area contributed by atoms with Crippen LogP contribution in [0.3, 0.4) is 0 Å². The van der Waals surface area contributed by atoms with E-state index in [1.807, 2.05) is 23.1 Å². The minimum atomic E-state index is -0.665. The monoisotopic (exact) mass is 499 g/mol. The van der Waals surface area contributed by atoms with Crippen LogP contribution < -0.4 is 14.8 Å². The number of aryl methyl sites for hydroxylation is 1. The normalized spacial score (nSPS) is 19.6. The number of nitrogens with zero attached hydrogens (tertiary/aromatic N) is 2. The summed E-state index contributed by atoms with van der Waals surface area (Å²) in [5.41, 5.74) is 1.53. The van der Waals surface area contributed by atoms with E-state index in [-0.39, 0.29) is 25.0 Å². The van der Waals surface area contributed by atoms with Gasteiger partial charge in [-0.25, -0.2) is 4.79 Å². The summed E-state index contributed by atoms with van der Waals surface area (Å²) in [6.07, 6.45) is 3.23. The number of benzene rings is 1. The highest BCUT2D eigenvalue weighted by Crippen LogP contribution is 2.38. The van der Waals surface area contributed by atoms with E-state index in [0.717, 1.165) is 36.1 Å². The lowest BCUT2D eigenvalue weighted by atomic mass is 9.95. The molecule has 1 saturated heterocycles. The van der Waals surface area contributed by atoms with Crippen LogP contribution in [0.25, 0.3) is 0 Å². The Morgan fingerprint density at radius 1 is 1.09 bits per heavy atom. The van der Waals surface area contributed by atoms with Gasteiger partial charge < -0.3 is 24.4 Å². The number of methoxy groups -OCH3 is 1. The van der Waals surface area contributed by atoms with Crippen molar-refractivity contribution in [1.82, 2.24) is 9.80 Å². The van der Waals surface area contributed by atoms with Crippen LogP contribution in [0.1, 0.15) is 33.6 Å². The van der Waals surface area contributed by atoms with Gasteiger partial charge in [-0.05, 0) is 43.4 Å². The number of thiophene rings is 1. The lowest BCUT2D eigenvalue weighted by Gasteiger charge is -2.36. The fraction of sp³-hybridized carbons (Fsp3) is 0.480. The van der Waals surface area contributed by atoms with Crippen molar-refractivity contribution in [3.8, 4) is 11.5 Å². The van der Waals surface area contributed by atoms with Crippen molar-refractivity contribution in [2.75, 3.05) is 51.8 Å². The highest BCUT2D eigenvalue weighted by Gasteiger charge is 2.33. The van der Waals surface area contributed by atoms with E-state index in [1.54, 1.807) is 11.0 Å². The van der Waals surface area contributed by atoms with Gasteiger partial charge >= 0.3 is 5.97 Å². The molecule has 35 heavy (non-hydrogen) atoms. The van der Waals surface area contributed by atoms with Gasteiger partial charge in [0.25, 0.3) is 5.91 Å². The molecule has 1 aliphatic carbocycles. The Balaban J connectivity index is 1.14. The van der Waals surface area contributed by atoms with Crippen LogP contribution in [0.2, 0.25) is 0 Å². The summed E-state index contributed by atoms with van der Waals surface area (Å²) in [5, 5.41) is 3.53. The second-order valence-corrected chi connectivity index (χ2v) is 10.0. The number of carbonyl (C=O) groups is 3. The average molecular weight is 500 g/mol. The minimum absolute atomic E-state index is 0.101. The molecular formula is C25H29N3O6S. The van der Waals surface area contributed by atoms with Crippen LogP contribution in [0.15, 0.2) is 24.3 Å². The molecule has 1 unspecified atom stereocenters. The van der Waals surface area contributed by atoms with Crippen molar-refractivity contribution in [2.24, 2.45) is 0 Å². The first-order valence-electron chi connectivity index (χ1n) is 12.0. The molecule has 2 aromatic rings. The van der Waals surface area contributed by atoms with Crippen LogP contribution in [0.5, 0.6) is 11.5 Å². The maximum absolute atomic E-state index is 12.9. The maximum Gasteiger partial charge on any atom is 0.341 e. The highest BCUT2D eigenvalue weighted by molar-refractivity contribution is 7.17. The van der Waals surface area contributed by atoms with Gasteiger partial charge in [0.2, 0.25) is 12.0 Å². The molecule has 0 spiro atoms. The Morgan fingerprint density at radius 2 is 1.83 bits per heavy atom. The average Bonchev–Trinajstić information content (AvgIpc) is 3.25. The second-order valence-electron chi connectivity index (χ2n) is 8.92. The Morgan fingerprint density at radius 3 is 2.60 bits per heavy atom. The van der Waals surface area contributed by atoms with Gasteiger partial charge in [0.15, 0.2) is 11.5 Å². The topological polar surface area (TPSA) is 97.4 Å². The summed E-state index contributed by atoms with van der Waals surface area (Å²) in [7, 11) is 1.37. The Hall–Kier alpha value is -3.11. The van der Waals surface area contributed by atoms with E-state index >= 15 is 0 Å². The van der Waals surface area contributed by atoms with Crippen LogP contribution in [-0.2, 0) is 27.2 Å². The van der Waals surface area contributed by atoms with Crippen molar-refractivity contribution in [3.63, 3.8) is 0 Å². The molecule has 1 atom stereocenters. The quantitative estimate of drug-likeness (QED) is 0.631. The van der Waals surface area contributed by atoms with Crippen molar-refractivity contribution in [3.05, 3.63) is 40.3 Å². The second kappa shape index (κ2) is 10.2. The van der Waals surface area contributed by atoms with Crippen molar-refractivity contribution in [2.45, 2.75) is 31.8 Å². The predicted octanol–water partition coefficient (Wildman–Crippen LogP) is 2.34. The number of amides is 2. The van der Waals surface area contributed by atoms with Crippen molar-refractivity contribution >= 4 is 34.1 Å². The smallest absolute Gasteiger partial charge is 0.341 e. The third-order valence-corrected chi connectivity index (χ3v) is 7.86. The van der Waals surface area contributed by atoms with E-state index < -0.39 is 12.1 Å². The summed E-state index contributed by atoms with van der Waals surface area (Å²) < 4.78 is 16.5. The zero-order valence-corrected chi connectivity index (χ0v) is 20.5. The zero-order valence-electron chi connectivity index (χ0n) is 19.7. The standard InChI is InChI=1S/C25H29N3O6S/c1-32-25(31)22-16-6-2-5-9-20(16)35-23(22)26-21(29)14-27-10-12-28(13-11-27)24(30)19-15-33-17-7-3-4-8-18(17)34-19/h3-4,7-8,19H,2,5-6,9-15H2,1H3,(H,26,29). The number of rotatable bonds is 5. The molecule has 1 aromatic heterocycles. The van der Waals surface area contributed by atoms with Crippen molar-refractivity contribution < 1.29 is 28.6 Å². The molecule has 0 saturated carbocycles. The largest absolute Gasteiger partial charge is 0.485 e.